The van der Waals surface area contributed by atoms with Crippen LogP contribution in [0.1, 0.15) is 37.0 Å². The topological polar surface area (TPSA) is 48.5 Å². The Bertz CT molecular complexity index is 701. The third-order valence-corrected chi connectivity index (χ3v) is 5.15. The Morgan fingerprint density at radius 3 is 2.32 bits per heavy atom. The van der Waals surface area contributed by atoms with Crippen molar-refractivity contribution in [2.75, 3.05) is 26.0 Å². The Balaban J connectivity index is 1.86. The molecule has 0 atom stereocenters. The number of carbonyl (C=O) groups is 1. The van der Waals surface area contributed by atoms with Crippen molar-refractivity contribution < 1.29 is 4.79 Å². The first-order chi connectivity index (χ1) is 11.7. The monoisotopic (exact) mass is 360 g/mol. The zero-order valence-electron chi connectivity index (χ0n) is 16.0. The number of urea groups is 1. The third kappa shape index (κ3) is 5.46. The first-order valence-electron chi connectivity index (χ1n) is 8.37. The molecule has 0 aliphatic heterocycles. The first-order valence-corrected chi connectivity index (χ1v) is 9.25. The fourth-order valence-electron chi connectivity index (χ4n) is 2.28. The van der Waals surface area contributed by atoms with Gasteiger partial charge in [0.2, 0.25) is 0 Å². The van der Waals surface area contributed by atoms with Gasteiger partial charge >= 0.3 is 6.03 Å². The number of anilines is 1. The van der Waals surface area contributed by atoms with Gasteiger partial charge in [-0.2, -0.15) is 0 Å². The normalized spacial score (nSPS) is 11.3. The van der Waals surface area contributed by atoms with Crippen molar-refractivity contribution in [2.45, 2.75) is 39.3 Å². The average molecular weight is 361 g/mol. The van der Waals surface area contributed by atoms with Crippen LogP contribution in [-0.4, -0.2) is 37.1 Å². The lowest BCUT2D eigenvalue weighted by Crippen LogP contribution is -2.36. The summed E-state index contributed by atoms with van der Waals surface area (Å²) in [5.41, 5.74) is 3.20. The minimum atomic E-state index is -0.0954. The minimum Gasteiger partial charge on any atom is -0.378 e. The minimum absolute atomic E-state index is 0.0441. The van der Waals surface area contributed by atoms with Crippen LogP contribution in [0.25, 0.3) is 0 Å². The zero-order valence-corrected chi connectivity index (χ0v) is 16.8. The molecular formula is C19H28N4OS. The Hall–Kier alpha value is -2.08. The number of rotatable bonds is 5. The molecule has 2 aromatic rings. The average Bonchev–Trinajstić information content (AvgIpc) is 3.02. The van der Waals surface area contributed by atoms with Gasteiger partial charge in [0.1, 0.15) is 0 Å². The molecule has 0 unspecified atom stereocenters. The molecule has 0 aliphatic rings. The smallest absolute Gasteiger partial charge is 0.317 e. The standard InChI is InChI=1S/C19H28N4OS/c1-19(2,3)17-21-15(13-25-17)11-20-18(24)23(6)12-14-7-9-16(10-8-14)22(4)5/h7-10,13H,11-12H2,1-6H3,(H,20,24). The van der Waals surface area contributed by atoms with Gasteiger partial charge in [0.05, 0.1) is 17.2 Å². The van der Waals surface area contributed by atoms with Gasteiger partial charge in [-0.05, 0) is 17.7 Å². The molecule has 0 fully saturated rings. The molecule has 1 aromatic carbocycles. The van der Waals surface area contributed by atoms with Crippen LogP contribution in [0.5, 0.6) is 0 Å². The van der Waals surface area contributed by atoms with Crippen molar-refractivity contribution in [1.82, 2.24) is 15.2 Å². The third-order valence-electron chi connectivity index (χ3n) is 3.83. The number of nitrogens with zero attached hydrogens (tertiary/aromatic N) is 3. The molecule has 1 heterocycles. The van der Waals surface area contributed by atoms with Gasteiger partial charge < -0.3 is 15.1 Å². The fraction of sp³-hybridized carbons (Fsp3) is 0.474. The number of hydrogen-bond donors (Lipinski definition) is 1. The molecule has 25 heavy (non-hydrogen) atoms. The molecule has 0 spiro atoms. The maximum atomic E-state index is 12.3. The van der Waals surface area contributed by atoms with Crippen molar-refractivity contribution in [1.29, 1.82) is 0 Å². The highest BCUT2D eigenvalue weighted by atomic mass is 32.1. The van der Waals surface area contributed by atoms with Crippen LogP contribution < -0.4 is 10.2 Å². The van der Waals surface area contributed by atoms with E-state index in [-0.39, 0.29) is 11.4 Å². The molecule has 6 heteroatoms. The summed E-state index contributed by atoms with van der Waals surface area (Å²) in [6, 6.07) is 8.13. The number of hydrogen-bond acceptors (Lipinski definition) is 4. The molecule has 136 valence electrons. The number of amides is 2. The van der Waals surface area contributed by atoms with Crippen LogP contribution in [0.4, 0.5) is 10.5 Å². The number of nitrogens with one attached hydrogen (secondary N) is 1. The van der Waals surface area contributed by atoms with E-state index in [0.717, 1.165) is 22.0 Å². The second kappa shape index (κ2) is 7.87. The van der Waals surface area contributed by atoms with E-state index in [2.05, 4.69) is 60.2 Å². The van der Waals surface area contributed by atoms with Crippen molar-refractivity contribution in [3.63, 3.8) is 0 Å². The van der Waals surface area contributed by atoms with Gasteiger partial charge in [0, 0.05) is 44.2 Å². The summed E-state index contributed by atoms with van der Waals surface area (Å²) in [5.74, 6) is 0. The molecule has 0 aliphatic carbocycles. The Morgan fingerprint density at radius 2 is 1.80 bits per heavy atom. The van der Waals surface area contributed by atoms with Crippen LogP contribution in [0, 0.1) is 0 Å². The largest absolute Gasteiger partial charge is 0.378 e. The Kier molecular flexibility index (Phi) is 6.06. The maximum absolute atomic E-state index is 12.3. The van der Waals surface area contributed by atoms with Crippen LogP contribution in [0.15, 0.2) is 29.6 Å². The molecule has 0 saturated heterocycles. The first kappa shape index (κ1) is 19.2. The summed E-state index contributed by atoms with van der Waals surface area (Å²) in [6.45, 7) is 7.45. The molecule has 1 aromatic heterocycles. The summed E-state index contributed by atoms with van der Waals surface area (Å²) in [6.07, 6.45) is 0. The Labute approximate surface area is 154 Å². The molecule has 0 bridgehead atoms. The summed E-state index contributed by atoms with van der Waals surface area (Å²) < 4.78 is 0. The number of carbonyl (C=O) groups excluding carboxylic acids is 1. The molecule has 5 nitrogen and oxygen atoms in total. The molecule has 2 amide bonds. The SMILES string of the molecule is CN(Cc1ccc(N(C)C)cc1)C(=O)NCc1csc(C(C)(C)C)n1. The van der Waals surface area contributed by atoms with Crippen molar-refractivity contribution in [3.8, 4) is 0 Å². The van der Waals surface area contributed by atoms with Crippen molar-refractivity contribution >= 4 is 23.1 Å². The number of aromatic nitrogens is 1. The van der Waals surface area contributed by atoms with E-state index in [1.165, 1.54) is 0 Å². The predicted octanol–water partition coefficient (Wildman–Crippen LogP) is 3.85. The summed E-state index contributed by atoms with van der Waals surface area (Å²) in [7, 11) is 5.83. The molecular weight excluding hydrogens is 332 g/mol. The lowest BCUT2D eigenvalue weighted by Gasteiger charge is -2.19. The highest BCUT2D eigenvalue weighted by Crippen LogP contribution is 2.25. The summed E-state index contributed by atoms with van der Waals surface area (Å²) >= 11 is 1.64. The lowest BCUT2D eigenvalue weighted by molar-refractivity contribution is 0.206. The molecule has 1 N–H and O–H groups in total. The summed E-state index contributed by atoms with van der Waals surface area (Å²) in [4.78, 5) is 20.6. The second-order valence-electron chi connectivity index (χ2n) is 7.47. The van der Waals surface area contributed by atoms with E-state index in [4.69, 9.17) is 0 Å². The maximum Gasteiger partial charge on any atom is 0.317 e. The lowest BCUT2D eigenvalue weighted by atomic mass is 9.98. The Morgan fingerprint density at radius 1 is 1.16 bits per heavy atom. The van der Waals surface area contributed by atoms with Gasteiger partial charge in [0.15, 0.2) is 0 Å². The van der Waals surface area contributed by atoms with Gasteiger partial charge in [0.25, 0.3) is 0 Å². The molecule has 2 rings (SSSR count). The van der Waals surface area contributed by atoms with Crippen molar-refractivity contribution in [3.05, 3.63) is 45.9 Å². The van der Waals surface area contributed by atoms with Crippen LogP contribution in [-0.2, 0) is 18.5 Å². The van der Waals surface area contributed by atoms with Crippen LogP contribution >= 0.6 is 11.3 Å². The highest BCUT2D eigenvalue weighted by molar-refractivity contribution is 7.09. The molecule has 0 radical (unpaired) electrons. The van der Waals surface area contributed by atoms with Gasteiger partial charge in [-0.3, -0.25) is 0 Å². The van der Waals surface area contributed by atoms with E-state index in [9.17, 15) is 4.79 Å². The van der Waals surface area contributed by atoms with Crippen LogP contribution in [0.2, 0.25) is 0 Å². The van der Waals surface area contributed by atoms with Gasteiger partial charge in [-0.15, -0.1) is 11.3 Å². The van der Waals surface area contributed by atoms with E-state index in [1.807, 2.05) is 19.5 Å². The number of thiazole rings is 1. The summed E-state index contributed by atoms with van der Waals surface area (Å²) in [5, 5.41) is 6.04. The van der Waals surface area contributed by atoms with Gasteiger partial charge in [-0.25, -0.2) is 9.78 Å². The second-order valence-corrected chi connectivity index (χ2v) is 8.33. The fourth-order valence-corrected chi connectivity index (χ4v) is 3.19. The number of benzene rings is 1. The van der Waals surface area contributed by atoms with E-state index >= 15 is 0 Å². The van der Waals surface area contributed by atoms with E-state index in [0.29, 0.717) is 13.1 Å². The van der Waals surface area contributed by atoms with Crippen molar-refractivity contribution in [2.24, 2.45) is 0 Å². The predicted molar refractivity (Wildman–Crippen MR) is 105 cm³/mol. The van der Waals surface area contributed by atoms with Gasteiger partial charge in [-0.1, -0.05) is 32.9 Å². The highest BCUT2D eigenvalue weighted by Gasteiger charge is 2.18. The zero-order chi connectivity index (χ0) is 18.6. The van der Waals surface area contributed by atoms with Crippen LogP contribution in [0.3, 0.4) is 0 Å². The quantitative estimate of drug-likeness (QED) is 0.881. The van der Waals surface area contributed by atoms with E-state index in [1.54, 1.807) is 23.3 Å². The molecule has 0 saturated carbocycles. The van der Waals surface area contributed by atoms with E-state index < -0.39 is 0 Å².